The highest BCUT2D eigenvalue weighted by atomic mass is 16.5. The van der Waals surface area contributed by atoms with E-state index in [9.17, 15) is 0 Å². The van der Waals surface area contributed by atoms with E-state index in [0.717, 1.165) is 37.2 Å². The summed E-state index contributed by atoms with van der Waals surface area (Å²) in [6, 6.07) is 14.4. The van der Waals surface area contributed by atoms with Crippen molar-refractivity contribution < 1.29 is 4.74 Å². The zero-order valence-electron chi connectivity index (χ0n) is 13.6. The van der Waals surface area contributed by atoms with Gasteiger partial charge in [0.1, 0.15) is 12.4 Å². The van der Waals surface area contributed by atoms with Crippen molar-refractivity contribution in [2.24, 2.45) is 0 Å². The summed E-state index contributed by atoms with van der Waals surface area (Å²) in [6.45, 7) is 6.82. The number of aryl methyl sites for hydroxylation is 2. The fourth-order valence-electron chi connectivity index (χ4n) is 2.44. The third-order valence-electron chi connectivity index (χ3n) is 3.62. The van der Waals surface area contributed by atoms with E-state index < -0.39 is 0 Å². The van der Waals surface area contributed by atoms with Crippen LogP contribution in [0.4, 0.5) is 5.69 Å². The Balaban J connectivity index is 1.89. The van der Waals surface area contributed by atoms with Gasteiger partial charge in [-0.05, 0) is 56.1 Å². The molecule has 0 aliphatic heterocycles. The first-order chi connectivity index (χ1) is 10.7. The van der Waals surface area contributed by atoms with Gasteiger partial charge in [0.2, 0.25) is 0 Å². The van der Waals surface area contributed by atoms with Gasteiger partial charge in [-0.2, -0.15) is 0 Å². The summed E-state index contributed by atoms with van der Waals surface area (Å²) >= 11 is 0. The lowest BCUT2D eigenvalue weighted by atomic mass is 10.1. The number of benzene rings is 2. The number of nitrogens with two attached hydrogens (primary N) is 1. The second-order valence-corrected chi connectivity index (χ2v) is 5.61. The van der Waals surface area contributed by atoms with Gasteiger partial charge in [0.15, 0.2) is 0 Å². The van der Waals surface area contributed by atoms with E-state index in [4.69, 9.17) is 10.5 Å². The van der Waals surface area contributed by atoms with Gasteiger partial charge in [0, 0.05) is 0 Å². The highest BCUT2D eigenvalue weighted by Crippen LogP contribution is 2.24. The Labute approximate surface area is 133 Å². The minimum atomic E-state index is 0.547. The van der Waals surface area contributed by atoms with E-state index in [1.165, 1.54) is 11.1 Å². The number of hydrogen-bond donors (Lipinski definition) is 2. The molecule has 2 aromatic rings. The largest absolute Gasteiger partial charge is 0.487 e. The van der Waals surface area contributed by atoms with Crippen molar-refractivity contribution in [3.05, 3.63) is 59.2 Å². The Kier molecular flexibility index (Phi) is 6.28. The maximum Gasteiger partial charge on any atom is 0.142 e. The zero-order valence-corrected chi connectivity index (χ0v) is 13.6. The molecule has 3 N–H and O–H groups in total. The van der Waals surface area contributed by atoms with E-state index in [2.05, 4.69) is 43.4 Å². The Hall–Kier alpha value is -2.00. The van der Waals surface area contributed by atoms with E-state index in [1.54, 1.807) is 0 Å². The summed E-state index contributed by atoms with van der Waals surface area (Å²) in [4.78, 5) is 0. The standard InChI is InChI=1S/C19H26N2O/c1-3-21-11-5-8-16-9-10-19(18(20)13-16)22-14-17-7-4-6-15(2)12-17/h4,6-7,9-10,12-13,21H,3,5,8,11,14,20H2,1-2H3. The molecule has 0 radical (unpaired) electrons. The van der Waals surface area contributed by atoms with Gasteiger partial charge in [-0.25, -0.2) is 0 Å². The van der Waals surface area contributed by atoms with Crippen LogP contribution in [0.2, 0.25) is 0 Å². The molecule has 0 saturated heterocycles. The number of nitrogen functional groups attached to an aromatic ring is 1. The fraction of sp³-hybridized carbons (Fsp3) is 0.368. The van der Waals surface area contributed by atoms with Crippen LogP contribution in [0.25, 0.3) is 0 Å². The van der Waals surface area contributed by atoms with Crippen LogP contribution in [-0.4, -0.2) is 13.1 Å². The van der Waals surface area contributed by atoms with Crippen LogP contribution in [0.15, 0.2) is 42.5 Å². The average molecular weight is 298 g/mol. The predicted molar refractivity (Wildman–Crippen MR) is 93.2 cm³/mol. The smallest absolute Gasteiger partial charge is 0.142 e. The molecule has 2 rings (SSSR count). The lowest BCUT2D eigenvalue weighted by Crippen LogP contribution is -2.14. The van der Waals surface area contributed by atoms with Gasteiger partial charge < -0.3 is 15.8 Å². The molecule has 0 aliphatic carbocycles. The SMILES string of the molecule is CCNCCCc1ccc(OCc2cccc(C)c2)c(N)c1. The summed E-state index contributed by atoms with van der Waals surface area (Å²) in [6.07, 6.45) is 2.16. The third kappa shape index (κ3) is 5.08. The summed E-state index contributed by atoms with van der Waals surface area (Å²) in [5, 5.41) is 3.33. The Morgan fingerprint density at radius 2 is 1.95 bits per heavy atom. The van der Waals surface area contributed by atoms with E-state index in [-0.39, 0.29) is 0 Å². The van der Waals surface area contributed by atoms with Crippen LogP contribution in [0.5, 0.6) is 5.75 Å². The van der Waals surface area contributed by atoms with E-state index >= 15 is 0 Å². The molecule has 2 aromatic carbocycles. The van der Waals surface area contributed by atoms with Gasteiger partial charge in [-0.3, -0.25) is 0 Å². The maximum absolute atomic E-state index is 6.11. The van der Waals surface area contributed by atoms with Gasteiger partial charge in [-0.15, -0.1) is 0 Å². The molecule has 0 amide bonds. The first-order valence-corrected chi connectivity index (χ1v) is 7.96. The van der Waals surface area contributed by atoms with Crippen molar-refractivity contribution in [2.45, 2.75) is 33.3 Å². The highest BCUT2D eigenvalue weighted by Gasteiger charge is 2.03. The molecular formula is C19H26N2O. The van der Waals surface area contributed by atoms with Gasteiger partial charge in [0.25, 0.3) is 0 Å². The fourth-order valence-corrected chi connectivity index (χ4v) is 2.44. The first-order valence-electron chi connectivity index (χ1n) is 7.96. The molecule has 3 nitrogen and oxygen atoms in total. The maximum atomic E-state index is 6.11. The minimum Gasteiger partial charge on any atom is -0.487 e. The third-order valence-corrected chi connectivity index (χ3v) is 3.62. The van der Waals surface area contributed by atoms with Crippen LogP contribution in [-0.2, 0) is 13.0 Å². The molecule has 0 spiro atoms. The average Bonchev–Trinajstić information content (AvgIpc) is 2.51. The number of ether oxygens (including phenoxy) is 1. The molecule has 0 bridgehead atoms. The lowest BCUT2D eigenvalue weighted by Gasteiger charge is -2.11. The van der Waals surface area contributed by atoms with Crippen molar-refractivity contribution in [3.8, 4) is 5.75 Å². The van der Waals surface area contributed by atoms with Crippen LogP contribution in [0, 0.1) is 6.92 Å². The second kappa shape index (κ2) is 8.44. The number of nitrogens with one attached hydrogen (secondary N) is 1. The molecule has 3 heteroatoms. The van der Waals surface area contributed by atoms with Gasteiger partial charge in [-0.1, -0.05) is 42.8 Å². The van der Waals surface area contributed by atoms with Crippen LogP contribution in [0.3, 0.4) is 0 Å². The number of hydrogen-bond acceptors (Lipinski definition) is 3. The Morgan fingerprint density at radius 1 is 1.09 bits per heavy atom. The van der Waals surface area contributed by atoms with E-state index in [1.807, 2.05) is 18.2 Å². The summed E-state index contributed by atoms with van der Waals surface area (Å²) in [5.41, 5.74) is 10.5. The second-order valence-electron chi connectivity index (χ2n) is 5.61. The van der Waals surface area contributed by atoms with Crippen LogP contribution >= 0.6 is 0 Å². The molecule has 0 atom stereocenters. The summed E-state index contributed by atoms with van der Waals surface area (Å²) in [5.74, 6) is 0.761. The van der Waals surface area contributed by atoms with Crippen LogP contribution < -0.4 is 15.8 Å². The van der Waals surface area contributed by atoms with E-state index in [0.29, 0.717) is 12.3 Å². The Bertz CT molecular complexity index is 596. The Morgan fingerprint density at radius 3 is 2.68 bits per heavy atom. The predicted octanol–water partition coefficient (Wildman–Crippen LogP) is 3.70. The topological polar surface area (TPSA) is 47.3 Å². The number of rotatable bonds is 8. The van der Waals surface area contributed by atoms with Gasteiger partial charge in [0.05, 0.1) is 5.69 Å². The summed E-state index contributed by atoms with van der Waals surface area (Å²) < 4.78 is 5.84. The van der Waals surface area contributed by atoms with Crippen molar-refractivity contribution in [1.29, 1.82) is 0 Å². The highest BCUT2D eigenvalue weighted by molar-refractivity contribution is 5.54. The quantitative estimate of drug-likeness (QED) is 0.577. The number of anilines is 1. The molecular weight excluding hydrogens is 272 g/mol. The molecule has 0 fully saturated rings. The normalized spacial score (nSPS) is 10.6. The molecule has 0 aromatic heterocycles. The molecule has 22 heavy (non-hydrogen) atoms. The lowest BCUT2D eigenvalue weighted by molar-refractivity contribution is 0.308. The molecule has 0 saturated carbocycles. The zero-order chi connectivity index (χ0) is 15.8. The molecule has 0 heterocycles. The van der Waals surface area contributed by atoms with Crippen molar-refractivity contribution >= 4 is 5.69 Å². The summed E-state index contributed by atoms with van der Waals surface area (Å²) in [7, 11) is 0. The van der Waals surface area contributed by atoms with Crippen molar-refractivity contribution in [2.75, 3.05) is 18.8 Å². The monoisotopic (exact) mass is 298 g/mol. The van der Waals surface area contributed by atoms with Crippen molar-refractivity contribution in [1.82, 2.24) is 5.32 Å². The first kappa shape index (κ1) is 16.4. The van der Waals surface area contributed by atoms with Crippen molar-refractivity contribution in [3.63, 3.8) is 0 Å². The molecule has 0 unspecified atom stereocenters. The minimum absolute atomic E-state index is 0.547. The molecule has 0 aliphatic rings. The molecule has 118 valence electrons. The van der Waals surface area contributed by atoms with Crippen LogP contribution in [0.1, 0.15) is 30.0 Å². The van der Waals surface area contributed by atoms with Gasteiger partial charge >= 0.3 is 0 Å².